The molecule has 1 aromatic carbocycles. The summed E-state index contributed by atoms with van der Waals surface area (Å²) in [6.45, 7) is 0.954. The number of ether oxygens (including phenoxy) is 1. The summed E-state index contributed by atoms with van der Waals surface area (Å²) in [5.74, 6) is 1.35. The van der Waals surface area contributed by atoms with Gasteiger partial charge in [0.1, 0.15) is 5.75 Å². The number of guanidine groups is 1. The molecule has 1 amide bonds. The number of para-hydroxylation sites is 2. The number of nitrogens with one attached hydrogen (secondary N) is 2. The van der Waals surface area contributed by atoms with Crippen LogP contribution in [0.2, 0.25) is 0 Å². The highest BCUT2D eigenvalue weighted by molar-refractivity contribution is 14.0. The maximum absolute atomic E-state index is 11.4. The number of carbonyl (C=O) groups is 1. The molecule has 0 radical (unpaired) electrons. The number of anilines is 1. The number of nitrogens with zero attached hydrogens (tertiary/aromatic N) is 1. The van der Waals surface area contributed by atoms with Crippen molar-refractivity contribution >= 4 is 41.5 Å². The number of carbonyl (C=O) groups excluding carboxylic acids is 1. The number of benzene rings is 1. The monoisotopic (exact) mass is 404 g/mol. The molecular formula is C14H21IN4O2. The van der Waals surface area contributed by atoms with E-state index < -0.39 is 0 Å². The Hall–Kier alpha value is -1.51. The minimum atomic E-state index is 0. The highest BCUT2D eigenvalue weighted by atomic mass is 127. The summed E-state index contributed by atoms with van der Waals surface area (Å²) in [6, 6.07) is 7.46. The van der Waals surface area contributed by atoms with Crippen LogP contribution in [0.5, 0.6) is 5.75 Å². The molecule has 0 bridgehead atoms. The number of amides is 1. The van der Waals surface area contributed by atoms with Crippen LogP contribution in [0.3, 0.4) is 0 Å². The van der Waals surface area contributed by atoms with E-state index in [1.165, 1.54) is 0 Å². The molecule has 1 aromatic rings. The number of methoxy groups -OCH3 is 1. The molecule has 0 atom stereocenters. The smallest absolute Gasteiger partial charge is 0.223 e. The summed E-state index contributed by atoms with van der Waals surface area (Å²) in [5, 5.41) is 5.81. The van der Waals surface area contributed by atoms with Gasteiger partial charge < -0.3 is 21.1 Å². The van der Waals surface area contributed by atoms with Crippen LogP contribution in [-0.4, -0.2) is 32.1 Å². The molecule has 21 heavy (non-hydrogen) atoms. The predicted molar refractivity (Wildman–Crippen MR) is 94.3 cm³/mol. The van der Waals surface area contributed by atoms with E-state index in [9.17, 15) is 4.79 Å². The number of rotatable bonds is 6. The van der Waals surface area contributed by atoms with Gasteiger partial charge in [-0.3, -0.25) is 9.79 Å². The fraction of sp³-hybridized carbons (Fsp3) is 0.429. The van der Waals surface area contributed by atoms with Crippen LogP contribution < -0.4 is 21.1 Å². The average molecular weight is 404 g/mol. The highest BCUT2D eigenvalue weighted by Crippen LogP contribution is 2.28. The van der Waals surface area contributed by atoms with Gasteiger partial charge in [0, 0.05) is 12.5 Å². The van der Waals surface area contributed by atoms with Crippen LogP contribution in [0, 0.1) is 5.92 Å². The van der Waals surface area contributed by atoms with Gasteiger partial charge in [0.25, 0.3) is 0 Å². The van der Waals surface area contributed by atoms with Crippen molar-refractivity contribution < 1.29 is 9.53 Å². The number of halogens is 1. The quantitative estimate of drug-likeness (QED) is 0.291. The van der Waals surface area contributed by atoms with Gasteiger partial charge in [-0.25, -0.2) is 0 Å². The molecule has 0 spiro atoms. The first-order chi connectivity index (χ1) is 9.70. The number of hydrogen-bond acceptors (Lipinski definition) is 3. The van der Waals surface area contributed by atoms with Crippen molar-refractivity contribution in [1.82, 2.24) is 5.32 Å². The molecule has 4 N–H and O–H groups in total. The van der Waals surface area contributed by atoms with Crippen molar-refractivity contribution in [3.05, 3.63) is 24.3 Å². The zero-order valence-electron chi connectivity index (χ0n) is 12.0. The van der Waals surface area contributed by atoms with Crippen LogP contribution in [0.25, 0.3) is 0 Å². The molecule has 1 saturated carbocycles. The molecule has 1 aliphatic rings. The van der Waals surface area contributed by atoms with Crippen LogP contribution in [0.4, 0.5) is 5.69 Å². The fourth-order valence-corrected chi connectivity index (χ4v) is 1.77. The Balaban J connectivity index is 0.00000220. The maximum Gasteiger partial charge on any atom is 0.223 e. The Bertz CT molecular complexity index is 504. The predicted octanol–water partition coefficient (Wildman–Crippen LogP) is 1.57. The van der Waals surface area contributed by atoms with Gasteiger partial charge in [0.15, 0.2) is 5.96 Å². The summed E-state index contributed by atoms with van der Waals surface area (Å²) >= 11 is 0. The third-order valence-corrected chi connectivity index (χ3v) is 3.01. The van der Waals surface area contributed by atoms with Crippen LogP contribution >= 0.6 is 24.0 Å². The third kappa shape index (κ3) is 5.78. The molecule has 0 heterocycles. The van der Waals surface area contributed by atoms with Gasteiger partial charge in [0.05, 0.1) is 19.3 Å². The molecular weight excluding hydrogens is 383 g/mol. The molecule has 0 unspecified atom stereocenters. The topological polar surface area (TPSA) is 88.7 Å². The van der Waals surface area contributed by atoms with E-state index in [0.29, 0.717) is 24.8 Å². The van der Waals surface area contributed by atoms with Crippen molar-refractivity contribution in [1.29, 1.82) is 0 Å². The van der Waals surface area contributed by atoms with E-state index >= 15 is 0 Å². The SMILES string of the molecule is COc1ccccc1NC(N)=NCCNC(=O)C1CC1.I. The van der Waals surface area contributed by atoms with Crippen molar-refractivity contribution in [2.75, 3.05) is 25.5 Å². The molecule has 1 fully saturated rings. The Morgan fingerprint density at radius 2 is 2.14 bits per heavy atom. The molecule has 1 aliphatic carbocycles. The Morgan fingerprint density at radius 3 is 2.81 bits per heavy atom. The molecule has 6 nitrogen and oxygen atoms in total. The second kappa shape index (κ2) is 8.71. The first-order valence-corrected chi connectivity index (χ1v) is 6.68. The molecule has 116 valence electrons. The van der Waals surface area contributed by atoms with Gasteiger partial charge in [0.2, 0.25) is 5.91 Å². The minimum Gasteiger partial charge on any atom is -0.495 e. The largest absolute Gasteiger partial charge is 0.495 e. The van der Waals surface area contributed by atoms with Gasteiger partial charge in [-0.15, -0.1) is 24.0 Å². The summed E-state index contributed by atoms with van der Waals surface area (Å²) in [7, 11) is 1.60. The van der Waals surface area contributed by atoms with Gasteiger partial charge in [-0.05, 0) is 25.0 Å². The Labute approximate surface area is 141 Å². The number of aliphatic imine (C=N–C) groups is 1. The second-order valence-electron chi connectivity index (χ2n) is 4.66. The standard InChI is InChI=1S/C14H20N4O2.HI/c1-20-12-5-3-2-4-11(12)18-14(15)17-9-8-16-13(19)10-6-7-10;/h2-5,10H,6-9H2,1H3,(H,16,19)(H3,15,17,18);1H. The van der Waals surface area contributed by atoms with E-state index in [2.05, 4.69) is 15.6 Å². The Morgan fingerprint density at radius 1 is 1.43 bits per heavy atom. The molecule has 0 aliphatic heterocycles. The summed E-state index contributed by atoms with van der Waals surface area (Å²) in [4.78, 5) is 15.6. The summed E-state index contributed by atoms with van der Waals surface area (Å²) in [6.07, 6.45) is 2.01. The molecule has 2 rings (SSSR count). The highest BCUT2D eigenvalue weighted by Gasteiger charge is 2.28. The first kappa shape index (κ1) is 17.5. The molecule has 0 saturated heterocycles. The number of hydrogen-bond donors (Lipinski definition) is 3. The average Bonchev–Trinajstić information content (AvgIpc) is 3.28. The zero-order chi connectivity index (χ0) is 14.4. The molecule has 7 heteroatoms. The van der Waals surface area contributed by atoms with Crippen molar-refractivity contribution in [3.63, 3.8) is 0 Å². The van der Waals surface area contributed by atoms with E-state index in [-0.39, 0.29) is 35.8 Å². The van der Waals surface area contributed by atoms with Gasteiger partial charge in [-0.1, -0.05) is 12.1 Å². The van der Waals surface area contributed by atoms with Crippen molar-refractivity contribution in [3.8, 4) is 5.75 Å². The maximum atomic E-state index is 11.4. The van der Waals surface area contributed by atoms with Gasteiger partial charge in [-0.2, -0.15) is 0 Å². The lowest BCUT2D eigenvalue weighted by Crippen LogP contribution is -2.29. The van der Waals surface area contributed by atoms with Crippen molar-refractivity contribution in [2.45, 2.75) is 12.8 Å². The third-order valence-electron chi connectivity index (χ3n) is 3.01. The van der Waals surface area contributed by atoms with E-state index in [0.717, 1.165) is 18.5 Å². The van der Waals surface area contributed by atoms with Gasteiger partial charge >= 0.3 is 0 Å². The van der Waals surface area contributed by atoms with Crippen molar-refractivity contribution in [2.24, 2.45) is 16.6 Å². The second-order valence-corrected chi connectivity index (χ2v) is 4.66. The minimum absolute atomic E-state index is 0. The van der Waals surface area contributed by atoms with Crippen LogP contribution in [0.1, 0.15) is 12.8 Å². The number of nitrogens with two attached hydrogens (primary N) is 1. The fourth-order valence-electron chi connectivity index (χ4n) is 1.77. The molecule has 0 aromatic heterocycles. The van der Waals surface area contributed by atoms with Crippen LogP contribution in [0.15, 0.2) is 29.3 Å². The van der Waals surface area contributed by atoms with E-state index in [1.807, 2.05) is 24.3 Å². The summed E-state index contributed by atoms with van der Waals surface area (Å²) in [5.41, 5.74) is 6.55. The lowest BCUT2D eigenvalue weighted by Gasteiger charge is -2.10. The Kier molecular flexibility index (Phi) is 7.27. The lowest BCUT2D eigenvalue weighted by atomic mass is 10.3. The lowest BCUT2D eigenvalue weighted by molar-refractivity contribution is -0.122. The zero-order valence-corrected chi connectivity index (χ0v) is 14.3. The van der Waals surface area contributed by atoms with Crippen LogP contribution in [-0.2, 0) is 4.79 Å². The first-order valence-electron chi connectivity index (χ1n) is 6.68. The van der Waals surface area contributed by atoms with E-state index in [1.54, 1.807) is 7.11 Å². The normalized spacial score (nSPS) is 14.0. The summed E-state index contributed by atoms with van der Waals surface area (Å²) < 4.78 is 5.21. The van der Waals surface area contributed by atoms with E-state index in [4.69, 9.17) is 10.5 Å².